The first-order valence-corrected chi connectivity index (χ1v) is 8.68. The summed E-state index contributed by atoms with van der Waals surface area (Å²) in [6.07, 6.45) is 0.0631. The molecule has 146 valence electrons. The van der Waals surface area contributed by atoms with E-state index in [4.69, 9.17) is 4.74 Å². The van der Waals surface area contributed by atoms with Crippen molar-refractivity contribution in [2.24, 2.45) is 0 Å². The molecule has 2 amide bonds. The van der Waals surface area contributed by atoms with Crippen molar-refractivity contribution in [2.45, 2.75) is 27.2 Å². The van der Waals surface area contributed by atoms with Gasteiger partial charge in [-0.3, -0.25) is 19.2 Å². The first kappa shape index (κ1) is 20.8. The van der Waals surface area contributed by atoms with Crippen LogP contribution >= 0.6 is 0 Å². The summed E-state index contributed by atoms with van der Waals surface area (Å²) in [6, 6.07) is 11.9. The summed E-state index contributed by atoms with van der Waals surface area (Å²) in [4.78, 5) is 47.1. The van der Waals surface area contributed by atoms with Gasteiger partial charge in [0.15, 0.2) is 6.61 Å². The number of carbonyl (C=O) groups is 4. The molecule has 0 atom stereocenters. The molecule has 0 fully saturated rings. The van der Waals surface area contributed by atoms with E-state index in [0.717, 1.165) is 11.1 Å². The molecule has 2 aromatic carbocycles. The molecule has 0 saturated heterocycles. The van der Waals surface area contributed by atoms with Gasteiger partial charge < -0.3 is 15.4 Å². The number of nitrogens with one attached hydrogen (secondary N) is 2. The Hall–Kier alpha value is -3.48. The number of ketones is 1. The van der Waals surface area contributed by atoms with Gasteiger partial charge in [0.25, 0.3) is 0 Å². The normalized spacial score (nSPS) is 10.1. The van der Waals surface area contributed by atoms with Crippen molar-refractivity contribution in [1.29, 1.82) is 0 Å². The second-order valence-electron chi connectivity index (χ2n) is 6.37. The number of carbonyl (C=O) groups excluding carboxylic acids is 4. The lowest BCUT2D eigenvalue weighted by Crippen LogP contribution is -2.18. The second kappa shape index (κ2) is 9.45. The Morgan fingerprint density at radius 3 is 2.14 bits per heavy atom. The van der Waals surface area contributed by atoms with Crippen LogP contribution in [0.5, 0.6) is 0 Å². The van der Waals surface area contributed by atoms with Crippen molar-refractivity contribution < 1.29 is 23.9 Å². The maximum Gasteiger partial charge on any atom is 0.310 e. The van der Waals surface area contributed by atoms with E-state index in [1.54, 1.807) is 0 Å². The van der Waals surface area contributed by atoms with E-state index < -0.39 is 18.4 Å². The highest BCUT2D eigenvalue weighted by atomic mass is 16.5. The monoisotopic (exact) mass is 382 g/mol. The third kappa shape index (κ3) is 6.35. The van der Waals surface area contributed by atoms with Crippen LogP contribution in [0.4, 0.5) is 11.4 Å². The van der Waals surface area contributed by atoms with Crippen LogP contribution in [0.2, 0.25) is 0 Å². The first-order chi connectivity index (χ1) is 13.2. The molecule has 7 nitrogen and oxygen atoms in total. The molecule has 0 aliphatic carbocycles. The van der Waals surface area contributed by atoms with Gasteiger partial charge in [0.2, 0.25) is 17.6 Å². The molecule has 0 radical (unpaired) electrons. The number of hydrogen-bond acceptors (Lipinski definition) is 5. The summed E-state index contributed by atoms with van der Waals surface area (Å²) in [5.41, 5.74) is 2.73. The van der Waals surface area contributed by atoms with Crippen LogP contribution in [0.1, 0.15) is 35.3 Å². The minimum atomic E-state index is -0.520. The predicted molar refractivity (Wildman–Crippen MR) is 105 cm³/mol. The molecule has 0 unspecified atom stereocenters. The van der Waals surface area contributed by atoms with E-state index in [0.29, 0.717) is 5.69 Å². The quantitative estimate of drug-likeness (QED) is 0.566. The van der Waals surface area contributed by atoms with Crippen molar-refractivity contribution in [2.75, 3.05) is 17.2 Å². The number of aryl methyl sites for hydroxylation is 1. The Balaban J connectivity index is 2.05. The zero-order valence-corrected chi connectivity index (χ0v) is 16.0. The van der Waals surface area contributed by atoms with Crippen LogP contribution in [-0.4, -0.2) is 30.2 Å². The molecule has 7 heteroatoms. The topological polar surface area (TPSA) is 102 Å². The van der Waals surface area contributed by atoms with Crippen molar-refractivity contribution in [3.63, 3.8) is 0 Å². The third-order valence-corrected chi connectivity index (χ3v) is 3.78. The summed E-state index contributed by atoms with van der Waals surface area (Å²) < 4.78 is 5.08. The van der Waals surface area contributed by atoms with Crippen LogP contribution in [0, 0.1) is 6.92 Å². The average Bonchev–Trinajstić information content (AvgIpc) is 2.61. The van der Waals surface area contributed by atoms with Gasteiger partial charge >= 0.3 is 5.97 Å². The summed E-state index contributed by atoms with van der Waals surface area (Å²) in [5, 5.41) is 5.13. The van der Waals surface area contributed by atoms with Gasteiger partial charge in [-0.2, -0.15) is 0 Å². The maximum atomic E-state index is 12.5. The number of esters is 1. The smallest absolute Gasteiger partial charge is 0.310 e. The van der Waals surface area contributed by atoms with E-state index in [-0.39, 0.29) is 29.5 Å². The lowest BCUT2D eigenvalue weighted by molar-refractivity contribution is -0.141. The van der Waals surface area contributed by atoms with Gasteiger partial charge in [-0.25, -0.2) is 0 Å². The number of ether oxygens (including phenoxy) is 1. The Kier molecular flexibility index (Phi) is 7.03. The second-order valence-corrected chi connectivity index (χ2v) is 6.37. The highest BCUT2D eigenvalue weighted by Gasteiger charge is 2.16. The van der Waals surface area contributed by atoms with E-state index in [1.165, 1.54) is 32.0 Å². The number of Topliss-reactive ketones (excluding diaryl/α,β-unsaturated/α-hetero) is 1. The Morgan fingerprint density at radius 2 is 1.54 bits per heavy atom. The number of amides is 2. The molecule has 0 saturated carbocycles. The molecular weight excluding hydrogens is 360 g/mol. The van der Waals surface area contributed by atoms with E-state index in [9.17, 15) is 19.2 Å². The fraction of sp³-hybridized carbons (Fsp3) is 0.238. The van der Waals surface area contributed by atoms with Crippen molar-refractivity contribution in [3.8, 4) is 0 Å². The highest BCUT2D eigenvalue weighted by Crippen LogP contribution is 2.22. The molecule has 0 heterocycles. The number of benzene rings is 2. The standard InChI is InChI=1S/C21H22N2O5/c1-13-4-6-16(7-5-13)10-21(27)28-12-20(26)18-9-8-17(22-14(2)24)11-19(18)23-15(3)25/h4-9,11H,10,12H2,1-3H3,(H,22,24)(H,23,25). The summed E-state index contributed by atoms with van der Waals surface area (Å²) in [6.45, 7) is 4.16. The molecule has 28 heavy (non-hydrogen) atoms. The van der Waals surface area contributed by atoms with Crippen LogP contribution in [0.15, 0.2) is 42.5 Å². The lowest BCUT2D eigenvalue weighted by atomic mass is 10.1. The van der Waals surface area contributed by atoms with Crippen LogP contribution in [0.25, 0.3) is 0 Å². The van der Waals surface area contributed by atoms with Gasteiger partial charge in [0.1, 0.15) is 0 Å². The Bertz CT molecular complexity index is 904. The van der Waals surface area contributed by atoms with Crippen molar-refractivity contribution >= 4 is 34.9 Å². The van der Waals surface area contributed by atoms with E-state index >= 15 is 0 Å². The van der Waals surface area contributed by atoms with Gasteiger partial charge in [-0.1, -0.05) is 29.8 Å². The molecule has 0 aromatic heterocycles. The van der Waals surface area contributed by atoms with Gasteiger partial charge in [0.05, 0.1) is 12.1 Å². The molecular formula is C21H22N2O5. The van der Waals surface area contributed by atoms with E-state index in [2.05, 4.69) is 10.6 Å². The highest BCUT2D eigenvalue weighted by molar-refractivity contribution is 6.06. The maximum absolute atomic E-state index is 12.5. The zero-order valence-electron chi connectivity index (χ0n) is 16.0. The number of hydrogen-bond donors (Lipinski definition) is 2. The average molecular weight is 382 g/mol. The molecule has 0 bridgehead atoms. The summed E-state index contributed by atoms with van der Waals surface area (Å²) in [7, 11) is 0. The molecule has 0 aliphatic rings. The molecule has 2 aromatic rings. The minimum Gasteiger partial charge on any atom is -0.457 e. The summed E-state index contributed by atoms with van der Waals surface area (Å²) in [5.74, 6) is -1.63. The molecule has 0 spiro atoms. The van der Waals surface area contributed by atoms with Crippen molar-refractivity contribution in [3.05, 3.63) is 59.2 Å². The fourth-order valence-corrected chi connectivity index (χ4v) is 2.51. The number of anilines is 2. The lowest BCUT2D eigenvalue weighted by Gasteiger charge is -2.12. The summed E-state index contributed by atoms with van der Waals surface area (Å²) >= 11 is 0. The zero-order chi connectivity index (χ0) is 20.7. The molecule has 2 N–H and O–H groups in total. The largest absolute Gasteiger partial charge is 0.457 e. The molecule has 0 aliphatic heterocycles. The third-order valence-electron chi connectivity index (χ3n) is 3.78. The number of rotatable bonds is 7. The van der Waals surface area contributed by atoms with Gasteiger partial charge in [0, 0.05) is 25.1 Å². The Labute approximate surface area is 163 Å². The van der Waals surface area contributed by atoms with Crippen LogP contribution in [-0.2, 0) is 25.5 Å². The van der Waals surface area contributed by atoms with Gasteiger partial charge in [-0.15, -0.1) is 0 Å². The van der Waals surface area contributed by atoms with Crippen LogP contribution in [0.3, 0.4) is 0 Å². The Morgan fingerprint density at radius 1 is 0.893 bits per heavy atom. The van der Waals surface area contributed by atoms with Crippen molar-refractivity contribution in [1.82, 2.24) is 0 Å². The van der Waals surface area contributed by atoms with Gasteiger partial charge in [-0.05, 0) is 30.7 Å². The molecule has 2 rings (SSSR count). The predicted octanol–water partition coefficient (Wildman–Crippen LogP) is 2.88. The minimum absolute atomic E-state index is 0.0631. The van der Waals surface area contributed by atoms with Crippen LogP contribution < -0.4 is 10.6 Å². The first-order valence-electron chi connectivity index (χ1n) is 8.68. The SMILES string of the molecule is CC(=O)Nc1ccc(C(=O)COC(=O)Cc2ccc(C)cc2)c(NC(C)=O)c1. The fourth-order valence-electron chi connectivity index (χ4n) is 2.51. The van der Waals surface area contributed by atoms with E-state index in [1.807, 2.05) is 31.2 Å².